The summed E-state index contributed by atoms with van der Waals surface area (Å²) in [5.74, 6) is -1.49. The Labute approximate surface area is 252 Å². The van der Waals surface area contributed by atoms with Crippen LogP contribution >= 0.6 is 11.6 Å². The minimum Gasteiger partial charge on any atom is -0.453 e. The average molecular weight is 605 g/mol. The lowest BCUT2D eigenvalue weighted by atomic mass is 9.94. The second kappa shape index (κ2) is 12.6. The molecule has 0 fully saturated rings. The summed E-state index contributed by atoms with van der Waals surface area (Å²) in [5.41, 5.74) is 4.02. The van der Waals surface area contributed by atoms with E-state index < -0.39 is 18.0 Å². The molecule has 0 unspecified atom stereocenters. The van der Waals surface area contributed by atoms with E-state index in [1.165, 1.54) is 30.1 Å². The highest BCUT2D eigenvalue weighted by Crippen LogP contribution is 2.34. The van der Waals surface area contributed by atoms with Crippen LogP contribution in [0.5, 0.6) is 0 Å². The van der Waals surface area contributed by atoms with Crippen LogP contribution in [0, 0.1) is 18.7 Å². The number of nitrogens with one attached hydrogen (secondary N) is 3. The number of aromatic nitrogens is 3. The van der Waals surface area contributed by atoms with E-state index in [-0.39, 0.29) is 28.4 Å². The molecule has 0 saturated heterocycles. The van der Waals surface area contributed by atoms with Gasteiger partial charge in [-0.25, -0.2) is 13.9 Å². The van der Waals surface area contributed by atoms with Gasteiger partial charge in [0.25, 0.3) is 5.91 Å². The van der Waals surface area contributed by atoms with Gasteiger partial charge in [0.15, 0.2) is 5.82 Å². The number of carbonyl (C=O) groups is 3. The fourth-order valence-corrected chi connectivity index (χ4v) is 5.22. The third-order valence-electron chi connectivity index (χ3n) is 7.48. The number of benzene rings is 2. The minimum absolute atomic E-state index is 0.0422. The second-order valence-corrected chi connectivity index (χ2v) is 10.8. The Kier molecular flexibility index (Phi) is 8.72. The Morgan fingerprint density at radius 3 is 2.74 bits per heavy atom. The van der Waals surface area contributed by atoms with Crippen LogP contribution in [0.4, 0.5) is 20.6 Å². The molecule has 0 radical (unpaired) electrons. The number of ether oxygens (including phenoxy) is 1. The largest absolute Gasteiger partial charge is 0.453 e. The first-order valence-electron chi connectivity index (χ1n) is 13.7. The number of halogens is 2. The lowest BCUT2D eigenvalue weighted by molar-refractivity contribution is -0.119. The molecule has 0 aliphatic carbocycles. The molecule has 43 heavy (non-hydrogen) atoms. The van der Waals surface area contributed by atoms with E-state index in [9.17, 15) is 18.8 Å². The van der Waals surface area contributed by atoms with Crippen molar-refractivity contribution >= 4 is 40.9 Å². The highest BCUT2D eigenvalue weighted by molar-refractivity contribution is 6.30. The summed E-state index contributed by atoms with van der Waals surface area (Å²) >= 11 is 5.96. The fraction of sp³-hybridized carbons (Fsp3) is 0.258. The van der Waals surface area contributed by atoms with Gasteiger partial charge < -0.3 is 15.4 Å². The van der Waals surface area contributed by atoms with Gasteiger partial charge in [-0.15, -0.1) is 0 Å². The molecule has 2 aromatic heterocycles. The third kappa shape index (κ3) is 6.36. The molecule has 2 aromatic carbocycles. The Morgan fingerprint density at radius 2 is 1.95 bits per heavy atom. The molecule has 2 atom stereocenters. The topological polar surface area (TPSA) is 127 Å². The molecule has 0 saturated carbocycles. The smallest absolute Gasteiger partial charge is 0.411 e. The number of rotatable bonds is 4. The van der Waals surface area contributed by atoms with Gasteiger partial charge >= 0.3 is 6.09 Å². The SMILES string of the molecule is COC(=O)Nc1ccc2c(c1)NC(=O)[C@H](C)CCC[C@H](NC(=O)c1cnn(-c3cccc(Cl)c3F)c1C)c1cncc-2c1. The van der Waals surface area contributed by atoms with E-state index in [0.717, 1.165) is 5.56 Å². The van der Waals surface area contributed by atoms with E-state index in [1.807, 2.05) is 13.0 Å². The quantitative estimate of drug-likeness (QED) is 0.246. The summed E-state index contributed by atoms with van der Waals surface area (Å²) in [6, 6.07) is 11.2. The molecule has 1 aliphatic heterocycles. The molecule has 2 bridgehead atoms. The molecule has 4 aromatic rings. The van der Waals surface area contributed by atoms with Crippen molar-refractivity contribution in [3.63, 3.8) is 0 Å². The van der Waals surface area contributed by atoms with Crippen molar-refractivity contribution in [1.29, 1.82) is 0 Å². The minimum atomic E-state index is -0.631. The Morgan fingerprint density at radius 1 is 1.14 bits per heavy atom. The van der Waals surface area contributed by atoms with E-state index in [0.29, 0.717) is 53.0 Å². The van der Waals surface area contributed by atoms with E-state index >= 15 is 0 Å². The molecule has 3 N–H and O–H groups in total. The summed E-state index contributed by atoms with van der Waals surface area (Å²) in [6.07, 6.45) is 5.92. The summed E-state index contributed by atoms with van der Waals surface area (Å²) in [7, 11) is 1.27. The first-order valence-corrected chi connectivity index (χ1v) is 14.1. The average Bonchev–Trinajstić information content (AvgIpc) is 3.38. The van der Waals surface area contributed by atoms with Crippen LogP contribution in [0.1, 0.15) is 53.8 Å². The van der Waals surface area contributed by atoms with Gasteiger partial charge in [-0.3, -0.25) is 19.9 Å². The van der Waals surface area contributed by atoms with Crippen LogP contribution < -0.4 is 16.0 Å². The number of amides is 3. The van der Waals surface area contributed by atoms with Crippen molar-refractivity contribution < 1.29 is 23.5 Å². The lowest BCUT2D eigenvalue weighted by Gasteiger charge is -2.23. The van der Waals surface area contributed by atoms with Crippen molar-refractivity contribution in [3.8, 4) is 16.8 Å². The van der Waals surface area contributed by atoms with Gasteiger partial charge in [0.1, 0.15) is 5.69 Å². The second-order valence-electron chi connectivity index (χ2n) is 10.4. The zero-order chi connectivity index (χ0) is 30.7. The first kappa shape index (κ1) is 29.7. The molecule has 1 aliphatic rings. The summed E-state index contributed by atoms with van der Waals surface area (Å²) in [5, 5.41) is 12.9. The van der Waals surface area contributed by atoms with Crippen LogP contribution in [0.3, 0.4) is 0 Å². The number of fused-ring (bicyclic) bond motifs is 4. The van der Waals surface area contributed by atoms with Gasteiger partial charge in [0.05, 0.1) is 41.3 Å². The molecule has 12 heteroatoms. The van der Waals surface area contributed by atoms with Crippen LogP contribution in [-0.4, -0.2) is 39.8 Å². The van der Waals surface area contributed by atoms with Gasteiger partial charge in [-0.1, -0.05) is 37.1 Å². The third-order valence-corrected chi connectivity index (χ3v) is 7.77. The van der Waals surface area contributed by atoms with Gasteiger partial charge in [-0.2, -0.15) is 5.10 Å². The number of pyridine rings is 1. The molecule has 10 nitrogen and oxygen atoms in total. The van der Waals surface area contributed by atoms with E-state index in [4.69, 9.17) is 16.3 Å². The molecule has 3 amide bonds. The molecule has 5 rings (SSSR count). The molecular weight excluding hydrogens is 575 g/mol. The van der Waals surface area contributed by atoms with E-state index in [1.54, 1.807) is 43.6 Å². The Balaban J connectivity index is 1.48. The molecular formula is C31H30ClFN6O4. The van der Waals surface area contributed by atoms with Gasteiger partial charge in [0, 0.05) is 35.1 Å². The van der Waals surface area contributed by atoms with Crippen LogP contribution in [0.25, 0.3) is 16.8 Å². The number of hydrogen-bond acceptors (Lipinski definition) is 6. The van der Waals surface area contributed by atoms with Crippen molar-refractivity contribution in [3.05, 3.63) is 88.7 Å². The summed E-state index contributed by atoms with van der Waals surface area (Å²) in [4.78, 5) is 42.9. The lowest BCUT2D eigenvalue weighted by Crippen LogP contribution is -2.29. The Bertz CT molecular complexity index is 1710. The predicted molar refractivity (Wildman–Crippen MR) is 161 cm³/mol. The van der Waals surface area contributed by atoms with Crippen molar-refractivity contribution in [1.82, 2.24) is 20.1 Å². The monoisotopic (exact) mass is 604 g/mol. The zero-order valence-corrected chi connectivity index (χ0v) is 24.5. The molecule has 222 valence electrons. The normalized spacial score (nSPS) is 16.6. The zero-order valence-electron chi connectivity index (χ0n) is 23.8. The number of methoxy groups -OCH3 is 1. The number of carbonyl (C=O) groups excluding carboxylic acids is 3. The Hall–Kier alpha value is -4.77. The summed E-state index contributed by atoms with van der Waals surface area (Å²) in [6.45, 7) is 3.53. The van der Waals surface area contributed by atoms with E-state index in [2.05, 4.69) is 26.0 Å². The number of anilines is 2. The summed E-state index contributed by atoms with van der Waals surface area (Å²) < 4.78 is 20.7. The van der Waals surface area contributed by atoms with Gasteiger partial charge in [-0.05, 0) is 55.7 Å². The van der Waals surface area contributed by atoms with Crippen LogP contribution in [0.15, 0.2) is 61.1 Å². The van der Waals surface area contributed by atoms with Crippen LogP contribution in [0.2, 0.25) is 5.02 Å². The van der Waals surface area contributed by atoms with Crippen molar-refractivity contribution in [2.75, 3.05) is 17.7 Å². The fourth-order valence-electron chi connectivity index (χ4n) is 5.05. The van der Waals surface area contributed by atoms with Crippen LogP contribution in [-0.2, 0) is 9.53 Å². The highest BCUT2D eigenvalue weighted by atomic mass is 35.5. The first-order chi connectivity index (χ1) is 20.7. The highest BCUT2D eigenvalue weighted by Gasteiger charge is 2.24. The maximum absolute atomic E-state index is 14.7. The van der Waals surface area contributed by atoms with Crippen molar-refractivity contribution in [2.24, 2.45) is 5.92 Å². The molecule has 0 spiro atoms. The maximum atomic E-state index is 14.7. The number of nitrogens with zero attached hydrogens (tertiary/aromatic N) is 3. The standard InChI is InChI=1S/C31H30ClFN6O4/c1-17-6-4-8-25(37-30(41)23-16-35-39(18(23)2)27-9-5-7-24(32)28(27)33)20-12-19(14-34-15-20)22-11-10-21(36-31(42)43-3)13-26(22)38-29(17)40/h5,7,9-17,25H,4,6,8H2,1-3H3,(H,36,42)(H,37,41)(H,38,40)/t17-,25+/m1/s1. The maximum Gasteiger partial charge on any atom is 0.411 e. The predicted octanol–water partition coefficient (Wildman–Crippen LogP) is 6.44. The molecule has 3 heterocycles. The number of hydrogen-bond donors (Lipinski definition) is 3. The van der Waals surface area contributed by atoms with Gasteiger partial charge in [0.2, 0.25) is 5.91 Å². The van der Waals surface area contributed by atoms with Crippen molar-refractivity contribution in [2.45, 2.75) is 39.2 Å².